The van der Waals surface area contributed by atoms with E-state index in [0.29, 0.717) is 30.9 Å². The Morgan fingerprint density at radius 1 is 1.33 bits per heavy atom. The lowest BCUT2D eigenvalue weighted by Gasteiger charge is -2.29. The highest BCUT2D eigenvalue weighted by Gasteiger charge is 2.28. The van der Waals surface area contributed by atoms with Crippen LogP contribution in [0.1, 0.15) is 23.2 Å². The molecule has 7 nitrogen and oxygen atoms in total. The van der Waals surface area contributed by atoms with Gasteiger partial charge in [0, 0.05) is 30.9 Å². The molecule has 8 heteroatoms. The first-order chi connectivity index (χ1) is 10.1. The van der Waals surface area contributed by atoms with Crippen molar-refractivity contribution in [1.82, 2.24) is 14.3 Å². The molecular formula is C13H13N3O4S. The number of rotatable bonds is 2. The van der Waals surface area contributed by atoms with Gasteiger partial charge in [-0.25, -0.2) is 4.98 Å². The van der Waals surface area contributed by atoms with Gasteiger partial charge in [0.05, 0.1) is 5.92 Å². The number of hydrogen-bond acceptors (Lipinski definition) is 5. The largest absolute Gasteiger partial charge is 0.481 e. The quantitative estimate of drug-likeness (QED) is 0.881. The van der Waals surface area contributed by atoms with Gasteiger partial charge in [0.15, 0.2) is 4.96 Å². The number of nitrogens with zero attached hydrogens (tertiary/aromatic N) is 3. The van der Waals surface area contributed by atoms with E-state index in [1.54, 1.807) is 11.6 Å². The number of amides is 1. The predicted octanol–water partition coefficient (Wildman–Crippen LogP) is 0.693. The Kier molecular flexibility index (Phi) is 3.46. The second-order valence-corrected chi connectivity index (χ2v) is 5.81. The van der Waals surface area contributed by atoms with Gasteiger partial charge < -0.3 is 10.0 Å². The molecule has 3 rings (SSSR count). The molecule has 1 saturated heterocycles. The molecule has 0 radical (unpaired) electrons. The molecule has 0 aromatic carbocycles. The van der Waals surface area contributed by atoms with Crippen LogP contribution in [-0.4, -0.2) is 44.4 Å². The minimum atomic E-state index is -0.830. The van der Waals surface area contributed by atoms with Crippen molar-refractivity contribution in [2.24, 2.45) is 5.92 Å². The fourth-order valence-corrected chi connectivity index (χ4v) is 3.15. The van der Waals surface area contributed by atoms with Crippen LogP contribution in [-0.2, 0) is 4.79 Å². The van der Waals surface area contributed by atoms with Gasteiger partial charge in [-0.05, 0) is 12.8 Å². The second-order valence-electron chi connectivity index (χ2n) is 4.94. The van der Waals surface area contributed by atoms with Gasteiger partial charge in [-0.1, -0.05) is 0 Å². The zero-order valence-electron chi connectivity index (χ0n) is 11.1. The van der Waals surface area contributed by atoms with Crippen LogP contribution in [0.5, 0.6) is 0 Å². The van der Waals surface area contributed by atoms with Gasteiger partial charge in [0.2, 0.25) is 0 Å². The highest BCUT2D eigenvalue weighted by atomic mass is 32.1. The van der Waals surface area contributed by atoms with E-state index in [1.807, 2.05) is 0 Å². The van der Waals surface area contributed by atoms with Crippen LogP contribution in [0.15, 0.2) is 22.6 Å². The summed E-state index contributed by atoms with van der Waals surface area (Å²) in [6.45, 7) is 0.698. The summed E-state index contributed by atoms with van der Waals surface area (Å²) in [5.41, 5.74) is -0.355. The molecule has 2 aromatic heterocycles. The van der Waals surface area contributed by atoms with E-state index < -0.39 is 11.9 Å². The molecule has 0 atom stereocenters. The van der Waals surface area contributed by atoms with E-state index >= 15 is 0 Å². The van der Waals surface area contributed by atoms with Crippen LogP contribution in [0.2, 0.25) is 0 Å². The molecule has 110 valence electrons. The Morgan fingerprint density at radius 3 is 2.71 bits per heavy atom. The average Bonchev–Trinajstić information content (AvgIpc) is 2.96. The van der Waals surface area contributed by atoms with Gasteiger partial charge in [-0.15, -0.1) is 11.3 Å². The molecule has 0 aliphatic carbocycles. The van der Waals surface area contributed by atoms with Crippen LogP contribution in [0.4, 0.5) is 0 Å². The number of aliphatic carboxylic acids is 1. The van der Waals surface area contributed by atoms with E-state index in [0.717, 1.165) is 0 Å². The summed E-state index contributed by atoms with van der Waals surface area (Å²) in [5.74, 6) is -1.62. The number of piperidine rings is 1. The monoisotopic (exact) mass is 307 g/mol. The minimum absolute atomic E-state index is 0.0275. The lowest BCUT2D eigenvalue weighted by atomic mass is 9.97. The molecule has 0 spiro atoms. The number of fused-ring (bicyclic) bond motifs is 1. The summed E-state index contributed by atoms with van der Waals surface area (Å²) < 4.78 is 1.35. The highest BCUT2D eigenvalue weighted by molar-refractivity contribution is 7.15. The van der Waals surface area contributed by atoms with E-state index in [9.17, 15) is 14.4 Å². The second kappa shape index (κ2) is 5.28. The maximum absolute atomic E-state index is 12.4. The van der Waals surface area contributed by atoms with E-state index in [1.165, 1.54) is 26.8 Å². The third kappa shape index (κ3) is 2.42. The van der Waals surface area contributed by atoms with Gasteiger partial charge in [0.1, 0.15) is 5.56 Å². The average molecular weight is 307 g/mol. The number of carbonyl (C=O) groups is 2. The van der Waals surface area contributed by atoms with Crippen molar-refractivity contribution in [2.45, 2.75) is 12.8 Å². The fraction of sp³-hybridized carbons (Fsp3) is 0.385. The molecule has 1 aliphatic heterocycles. The van der Waals surface area contributed by atoms with Crippen molar-refractivity contribution in [1.29, 1.82) is 0 Å². The molecule has 1 aliphatic rings. The van der Waals surface area contributed by atoms with Gasteiger partial charge in [0.25, 0.3) is 11.5 Å². The Morgan fingerprint density at radius 2 is 2.05 bits per heavy atom. The molecule has 0 bridgehead atoms. The summed E-state index contributed by atoms with van der Waals surface area (Å²) in [4.78, 5) is 41.7. The molecule has 21 heavy (non-hydrogen) atoms. The zero-order valence-corrected chi connectivity index (χ0v) is 11.9. The minimum Gasteiger partial charge on any atom is -0.481 e. The van der Waals surface area contributed by atoms with Gasteiger partial charge >= 0.3 is 5.97 Å². The number of likely N-dealkylation sites (tertiary alicyclic amines) is 1. The molecule has 2 aromatic rings. The summed E-state index contributed by atoms with van der Waals surface area (Å²) in [5, 5.41) is 10.7. The van der Waals surface area contributed by atoms with Crippen molar-refractivity contribution in [3.8, 4) is 0 Å². The smallest absolute Gasteiger partial charge is 0.306 e. The molecule has 0 unspecified atom stereocenters. The summed E-state index contributed by atoms with van der Waals surface area (Å²) in [6, 6.07) is 0. The number of aromatic nitrogens is 2. The number of carboxylic acids is 1. The van der Waals surface area contributed by atoms with Crippen LogP contribution < -0.4 is 5.56 Å². The Balaban J connectivity index is 1.83. The number of carbonyl (C=O) groups excluding carboxylic acids is 1. The third-order valence-electron chi connectivity index (χ3n) is 3.70. The first kappa shape index (κ1) is 13.7. The predicted molar refractivity (Wildman–Crippen MR) is 75.6 cm³/mol. The first-order valence-corrected chi connectivity index (χ1v) is 7.43. The highest BCUT2D eigenvalue weighted by Crippen LogP contribution is 2.18. The summed E-state index contributed by atoms with van der Waals surface area (Å²) in [7, 11) is 0. The Hall–Kier alpha value is -2.22. The van der Waals surface area contributed by atoms with E-state index in [4.69, 9.17) is 5.11 Å². The van der Waals surface area contributed by atoms with E-state index in [-0.39, 0.29) is 17.0 Å². The molecular weight excluding hydrogens is 294 g/mol. The van der Waals surface area contributed by atoms with Crippen molar-refractivity contribution in [3.05, 3.63) is 33.7 Å². The maximum atomic E-state index is 12.4. The lowest BCUT2D eigenvalue weighted by Crippen LogP contribution is -2.42. The number of hydrogen-bond donors (Lipinski definition) is 1. The van der Waals surface area contributed by atoms with Crippen molar-refractivity contribution >= 4 is 28.2 Å². The Labute approximate surface area is 123 Å². The lowest BCUT2D eigenvalue weighted by molar-refractivity contribution is -0.143. The molecule has 1 amide bonds. The van der Waals surface area contributed by atoms with Crippen LogP contribution >= 0.6 is 11.3 Å². The SMILES string of the molecule is O=C(O)C1CCN(C(=O)c2cnc3sccn3c2=O)CC1. The van der Waals surface area contributed by atoms with Crippen LogP contribution in [0.25, 0.3) is 4.96 Å². The Bertz CT molecular complexity index is 758. The first-order valence-electron chi connectivity index (χ1n) is 6.55. The molecule has 0 saturated carbocycles. The van der Waals surface area contributed by atoms with Gasteiger partial charge in [-0.3, -0.25) is 18.8 Å². The normalized spacial score (nSPS) is 16.3. The number of thiazole rings is 1. The van der Waals surface area contributed by atoms with E-state index in [2.05, 4.69) is 4.98 Å². The number of carboxylic acid groups (broad SMARTS) is 1. The van der Waals surface area contributed by atoms with Crippen molar-refractivity contribution < 1.29 is 14.7 Å². The maximum Gasteiger partial charge on any atom is 0.306 e. The fourth-order valence-electron chi connectivity index (χ4n) is 2.47. The summed E-state index contributed by atoms with van der Waals surface area (Å²) in [6.07, 6.45) is 3.72. The molecule has 1 N–H and O–H groups in total. The topological polar surface area (TPSA) is 92.0 Å². The van der Waals surface area contributed by atoms with Crippen LogP contribution in [0.3, 0.4) is 0 Å². The van der Waals surface area contributed by atoms with Crippen molar-refractivity contribution in [3.63, 3.8) is 0 Å². The zero-order chi connectivity index (χ0) is 15.0. The standard InChI is InChI=1S/C13H13N3O4S/c17-10(15-3-1-8(2-4-15)12(19)20)9-7-14-13-16(11(9)18)5-6-21-13/h5-8H,1-4H2,(H,19,20). The molecule has 3 heterocycles. The molecule has 1 fully saturated rings. The third-order valence-corrected chi connectivity index (χ3v) is 4.48. The summed E-state index contributed by atoms with van der Waals surface area (Å²) >= 11 is 1.32. The van der Waals surface area contributed by atoms with Gasteiger partial charge in [-0.2, -0.15) is 0 Å². The van der Waals surface area contributed by atoms with Crippen molar-refractivity contribution in [2.75, 3.05) is 13.1 Å². The van der Waals surface area contributed by atoms with Crippen LogP contribution in [0, 0.1) is 5.92 Å².